The molecule has 1 aromatic rings. The lowest BCUT2D eigenvalue weighted by molar-refractivity contribution is -0.118. The van der Waals surface area contributed by atoms with Gasteiger partial charge in [-0.25, -0.2) is 0 Å². The molecule has 0 saturated carbocycles. The van der Waals surface area contributed by atoms with Crippen molar-refractivity contribution >= 4 is 5.91 Å². The Balaban J connectivity index is 1.75. The first kappa shape index (κ1) is 14.0. The van der Waals surface area contributed by atoms with E-state index in [2.05, 4.69) is 34.5 Å². The average Bonchev–Trinajstić information content (AvgIpc) is 2.76. The Morgan fingerprint density at radius 1 is 1.47 bits per heavy atom. The van der Waals surface area contributed by atoms with Crippen LogP contribution in [0.25, 0.3) is 0 Å². The smallest absolute Gasteiger partial charge is 0.218 e. The maximum absolute atomic E-state index is 10.9. The summed E-state index contributed by atoms with van der Waals surface area (Å²) in [4.78, 5) is 13.3. The summed E-state index contributed by atoms with van der Waals surface area (Å²) in [5, 5.41) is 3.48. The van der Waals surface area contributed by atoms with Crippen LogP contribution in [-0.2, 0) is 11.3 Å². The summed E-state index contributed by atoms with van der Waals surface area (Å²) in [5.41, 5.74) is 6.56. The number of hydrogen-bond donors (Lipinski definition) is 2. The molecule has 0 bridgehead atoms. The number of nitrogens with one attached hydrogen (secondary N) is 1. The summed E-state index contributed by atoms with van der Waals surface area (Å²) in [7, 11) is 0. The molecule has 4 nitrogen and oxygen atoms in total. The Morgan fingerprint density at radius 2 is 2.21 bits per heavy atom. The van der Waals surface area contributed by atoms with E-state index in [4.69, 9.17) is 5.73 Å². The number of hydrogen-bond acceptors (Lipinski definition) is 3. The molecule has 104 valence electrons. The molecule has 1 aliphatic rings. The Labute approximate surface area is 115 Å². The molecule has 1 aliphatic heterocycles. The van der Waals surface area contributed by atoms with Crippen LogP contribution in [0.1, 0.15) is 25.3 Å². The van der Waals surface area contributed by atoms with Gasteiger partial charge >= 0.3 is 0 Å². The third-order valence-electron chi connectivity index (χ3n) is 3.55. The lowest BCUT2D eigenvalue weighted by atomic mass is 10.2. The number of carbonyl (C=O) groups excluding carboxylic acids is 1. The zero-order chi connectivity index (χ0) is 13.7. The van der Waals surface area contributed by atoms with Gasteiger partial charge in [-0.05, 0) is 18.9 Å². The summed E-state index contributed by atoms with van der Waals surface area (Å²) >= 11 is 0. The van der Waals surface area contributed by atoms with Crippen LogP contribution < -0.4 is 11.1 Å². The molecule has 1 heterocycles. The third-order valence-corrected chi connectivity index (χ3v) is 3.55. The fourth-order valence-electron chi connectivity index (χ4n) is 2.72. The summed E-state index contributed by atoms with van der Waals surface area (Å²) in [6, 6.07) is 11.2. The predicted molar refractivity (Wildman–Crippen MR) is 76.5 cm³/mol. The standard InChI is InChI=1S/C15H23N3O/c1-12(9-15(16)19)17-14-7-8-18(11-14)10-13-5-3-2-4-6-13/h2-6,12,14,17H,7-11H2,1H3,(H2,16,19). The number of nitrogens with zero attached hydrogens (tertiary/aromatic N) is 1. The summed E-state index contributed by atoms with van der Waals surface area (Å²) in [6.45, 7) is 5.17. The van der Waals surface area contributed by atoms with E-state index in [1.54, 1.807) is 0 Å². The van der Waals surface area contributed by atoms with Crippen molar-refractivity contribution in [2.24, 2.45) is 5.73 Å². The highest BCUT2D eigenvalue weighted by Gasteiger charge is 2.23. The van der Waals surface area contributed by atoms with Gasteiger partial charge in [-0.2, -0.15) is 0 Å². The second-order valence-corrected chi connectivity index (χ2v) is 5.44. The zero-order valence-electron chi connectivity index (χ0n) is 11.5. The molecule has 1 aromatic carbocycles. The summed E-state index contributed by atoms with van der Waals surface area (Å²) in [5.74, 6) is -0.237. The van der Waals surface area contributed by atoms with Crippen LogP contribution in [0.15, 0.2) is 30.3 Å². The molecule has 2 atom stereocenters. The van der Waals surface area contributed by atoms with Crippen LogP contribution in [0.3, 0.4) is 0 Å². The number of primary amides is 1. The normalized spacial score (nSPS) is 21.4. The van der Waals surface area contributed by atoms with E-state index in [0.717, 1.165) is 26.1 Å². The van der Waals surface area contributed by atoms with E-state index in [0.29, 0.717) is 12.5 Å². The topological polar surface area (TPSA) is 58.4 Å². The summed E-state index contributed by atoms with van der Waals surface area (Å²) in [6.07, 6.45) is 1.55. The third kappa shape index (κ3) is 4.65. The van der Waals surface area contributed by atoms with E-state index in [9.17, 15) is 4.79 Å². The number of benzene rings is 1. The van der Waals surface area contributed by atoms with Crippen LogP contribution >= 0.6 is 0 Å². The van der Waals surface area contributed by atoms with Crippen LogP contribution in [0.2, 0.25) is 0 Å². The molecule has 19 heavy (non-hydrogen) atoms. The highest BCUT2D eigenvalue weighted by Crippen LogP contribution is 2.14. The van der Waals surface area contributed by atoms with Gasteiger partial charge < -0.3 is 11.1 Å². The minimum absolute atomic E-state index is 0.166. The first-order chi connectivity index (χ1) is 9.13. The molecular formula is C15H23N3O. The Kier molecular flexibility index (Phi) is 4.93. The number of amides is 1. The van der Waals surface area contributed by atoms with Crippen molar-refractivity contribution in [3.8, 4) is 0 Å². The highest BCUT2D eigenvalue weighted by molar-refractivity contribution is 5.74. The monoisotopic (exact) mass is 261 g/mol. The molecule has 1 amide bonds. The van der Waals surface area contributed by atoms with Crippen molar-refractivity contribution in [3.05, 3.63) is 35.9 Å². The van der Waals surface area contributed by atoms with E-state index >= 15 is 0 Å². The Hall–Kier alpha value is -1.39. The van der Waals surface area contributed by atoms with Crippen molar-refractivity contribution in [2.75, 3.05) is 13.1 Å². The summed E-state index contributed by atoms with van der Waals surface area (Å²) < 4.78 is 0. The fraction of sp³-hybridized carbons (Fsp3) is 0.533. The molecule has 0 spiro atoms. The largest absolute Gasteiger partial charge is 0.370 e. The quantitative estimate of drug-likeness (QED) is 0.806. The van der Waals surface area contributed by atoms with Crippen molar-refractivity contribution in [1.82, 2.24) is 10.2 Å². The minimum Gasteiger partial charge on any atom is -0.370 e. The molecular weight excluding hydrogens is 238 g/mol. The number of likely N-dealkylation sites (tertiary alicyclic amines) is 1. The van der Waals surface area contributed by atoms with Crippen molar-refractivity contribution in [3.63, 3.8) is 0 Å². The second kappa shape index (κ2) is 6.68. The molecule has 1 fully saturated rings. The van der Waals surface area contributed by atoms with E-state index in [1.165, 1.54) is 5.56 Å². The van der Waals surface area contributed by atoms with Gasteiger partial charge in [0.2, 0.25) is 5.91 Å². The van der Waals surface area contributed by atoms with Gasteiger partial charge in [0, 0.05) is 38.1 Å². The van der Waals surface area contributed by atoms with Gasteiger partial charge in [0.25, 0.3) is 0 Å². The van der Waals surface area contributed by atoms with Gasteiger partial charge in [0.15, 0.2) is 0 Å². The molecule has 0 aliphatic carbocycles. The molecule has 1 saturated heterocycles. The van der Waals surface area contributed by atoms with E-state index < -0.39 is 0 Å². The van der Waals surface area contributed by atoms with Gasteiger partial charge in [0.1, 0.15) is 0 Å². The van der Waals surface area contributed by atoms with Crippen LogP contribution in [0.5, 0.6) is 0 Å². The first-order valence-electron chi connectivity index (χ1n) is 6.94. The predicted octanol–water partition coefficient (Wildman–Crippen LogP) is 1.11. The molecule has 4 heteroatoms. The van der Waals surface area contributed by atoms with Crippen molar-refractivity contribution < 1.29 is 4.79 Å². The maximum Gasteiger partial charge on any atom is 0.218 e. The van der Waals surface area contributed by atoms with Crippen molar-refractivity contribution in [1.29, 1.82) is 0 Å². The van der Waals surface area contributed by atoms with Crippen LogP contribution in [-0.4, -0.2) is 36.0 Å². The van der Waals surface area contributed by atoms with Gasteiger partial charge in [0.05, 0.1) is 0 Å². The lowest BCUT2D eigenvalue weighted by Crippen LogP contribution is -2.40. The van der Waals surface area contributed by atoms with Crippen LogP contribution in [0.4, 0.5) is 0 Å². The average molecular weight is 261 g/mol. The maximum atomic E-state index is 10.9. The number of carbonyl (C=O) groups is 1. The first-order valence-corrected chi connectivity index (χ1v) is 6.94. The van der Waals surface area contributed by atoms with E-state index in [1.807, 2.05) is 13.0 Å². The number of nitrogens with two attached hydrogens (primary N) is 1. The zero-order valence-corrected chi connectivity index (χ0v) is 11.5. The molecule has 2 rings (SSSR count). The lowest BCUT2D eigenvalue weighted by Gasteiger charge is -2.19. The SMILES string of the molecule is CC(CC(N)=O)NC1CCN(Cc2ccccc2)C1. The van der Waals surface area contributed by atoms with Gasteiger partial charge in [-0.15, -0.1) is 0 Å². The van der Waals surface area contributed by atoms with Crippen molar-refractivity contribution in [2.45, 2.75) is 38.4 Å². The molecule has 3 N–H and O–H groups in total. The molecule has 2 unspecified atom stereocenters. The highest BCUT2D eigenvalue weighted by atomic mass is 16.1. The number of rotatable bonds is 6. The van der Waals surface area contributed by atoms with Gasteiger partial charge in [-0.1, -0.05) is 30.3 Å². The van der Waals surface area contributed by atoms with Crippen LogP contribution in [0, 0.1) is 0 Å². The minimum atomic E-state index is -0.237. The van der Waals surface area contributed by atoms with E-state index in [-0.39, 0.29) is 11.9 Å². The fourth-order valence-corrected chi connectivity index (χ4v) is 2.72. The Morgan fingerprint density at radius 3 is 2.89 bits per heavy atom. The second-order valence-electron chi connectivity index (χ2n) is 5.44. The molecule has 0 aromatic heterocycles. The molecule has 0 radical (unpaired) electrons. The van der Waals surface area contributed by atoms with Gasteiger partial charge in [-0.3, -0.25) is 9.69 Å². The Bertz CT molecular complexity index is 407.